The van der Waals surface area contributed by atoms with Gasteiger partial charge >= 0.3 is 5.97 Å². The van der Waals surface area contributed by atoms with Gasteiger partial charge in [0.2, 0.25) is 0 Å². The highest BCUT2D eigenvalue weighted by Gasteiger charge is 2.05. The molecule has 0 N–H and O–H groups in total. The molecular formula is C16H14BrNO2. The molecule has 0 aliphatic heterocycles. The van der Waals surface area contributed by atoms with Crippen LogP contribution in [-0.4, -0.2) is 18.1 Å². The lowest BCUT2D eigenvalue weighted by atomic mass is 10.0. The molecular weight excluding hydrogens is 318 g/mol. The summed E-state index contributed by atoms with van der Waals surface area (Å²) in [5.74, 6) is -0.385. The summed E-state index contributed by atoms with van der Waals surface area (Å²) >= 11 is 3.19. The van der Waals surface area contributed by atoms with Crippen molar-refractivity contribution in [2.24, 2.45) is 0 Å². The van der Waals surface area contributed by atoms with Crippen LogP contribution in [0, 0.1) is 0 Å². The Bertz CT molecular complexity index is 606. The van der Waals surface area contributed by atoms with Crippen LogP contribution in [0.25, 0.3) is 6.08 Å². The van der Waals surface area contributed by atoms with Crippen LogP contribution in [0.15, 0.2) is 53.3 Å². The minimum Gasteiger partial charge on any atom is -0.465 e. The molecule has 102 valence electrons. The smallest absolute Gasteiger partial charge is 0.344 e. The first-order chi connectivity index (χ1) is 9.69. The van der Waals surface area contributed by atoms with Gasteiger partial charge in [-0.3, -0.25) is 4.98 Å². The highest BCUT2D eigenvalue weighted by molar-refractivity contribution is 9.12. The second-order valence-electron chi connectivity index (χ2n) is 4.26. The number of pyridine rings is 1. The average Bonchev–Trinajstić information content (AvgIpc) is 2.49. The quantitative estimate of drug-likeness (QED) is 0.635. The van der Waals surface area contributed by atoms with Crippen LogP contribution in [0.4, 0.5) is 0 Å². The largest absolute Gasteiger partial charge is 0.465 e. The zero-order valence-electron chi connectivity index (χ0n) is 11.0. The molecule has 0 saturated carbocycles. The number of ether oxygens (including phenoxy) is 1. The fourth-order valence-corrected chi connectivity index (χ4v) is 2.20. The molecule has 0 saturated heterocycles. The summed E-state index contributed by atoms with van der Waals surface area (Å²) in [5.41, 5.74) is 3.31. The molecule has 20 heavy (non-hydrogen) atoms. The van der Waals surface area contributed by atoms with Crippen molar-refractivity contribution in [2.45, 2.75) is 6.42 Å². The van der Waals surface area contributed by atoms with Crippen molar-refractivity contribution in [3.05, 3.63) is 70.0 Å². The molecule has 1 aromatic carbocycles. The maximum Gasteiger partial charge on any atom is 0.344 e. The molecule has 0 fully saturated rings. The van der Waals surface area contributed by atoms with Crippen molar-refractivity contribution < 1.29 is 9.53 Å². The van der Waals surface area contributed by atoms with E-state index in [2.05, 4.69) is 31.7 Å². The average molecular weight is 332 g/mol. The van der Waals surface area contributed by atoms with Gasteiger partial charge in [-0.15, -0.1) is 0 Å². The van der Waals surface area contributed by atoms with E-state index in [9.17, 15) is 4.79 Å². The van der Waals surface area contributed by atoms with Gasteiger partial charge in [0.25, 0.3) is 0 Å². The molecule has 1 heterocycles. The lowest BCUT2D eigenvalue weighted by molar-refractivity contribution is -0.135. The third-order valence-electron chi connectivity index (χ3n) is 2.78. The summed E-state index contributed by atoms with van der Waals surface area (Å²) < 4.78 is 5.03. The minimum atomic E-state index is -0.385. The number of methoxy groups -OCH3 is 1. The first-order valence-corrected chi connectivity index (χ1v) is 6.91. The summed E-state index contributed by atoms with van der Waals surface area (Å²) in [4.78, 5) is 15.4. The first kappa shape index (κ1) is 14.5. The molecule has 0 radical (unpaired) electrons. The molecule has 2 rings (SSSR count). The maximum absolute atomic E-state index is 11.3. The summed E-state index contributed by atoms with van der Waals surface area (Å²) in [6, 6.07) is 12.0. The van der Waals surface area contributed by atoms with E-state index in [1.165, 1.54) is 18.2 Å². The Balaban J connectivity index is 2.09. The molecule has 2 aromatic rings. The standard InChI is InChI=1S/C16H14BrNO2/c1-20-16(19)15(17)10-13-6-4-12(5-7-13)9-14-3-2-8-18-11-14/h2-8,10-11H,9H2,1H3/b15-10+. The van der Waals surface area contributed by atoms with E-state index >= 15 is 0 Å². The highest BCUT2D eigenvalue weighted by Crippen LogP contribution is 2.15. The van der Waals surface area contributed by atoms with E-state index in [1.807, 2.05) is 36.5 Å². The van der Waals surface area contributed by atoms with Crippen LogP contribution >= 0.6 is 15.9 Å². The van der Waals surface area contributed by atoms with Gasteiger partial charge in [-0.05, 0) is 51.2 Å². The molecule has 1 aromatic heterocycles. The highest BCUT2D eigenvalue weighted by atomic mass is 79.9. The third-order valence-corrected chi connectivity index (χ3v) is 3.34. The number of aromatic nitrogens is 1. The molecule has 3 nitrogen and oxygen atoms in total. The lowest BCUT2D eigenvalue weighted by Crippen LogP contribution is -1.98. The zero-order chi connectivity index (χ0) is 14.4. The molecule has 0 bridgehead atoms. The van der Waals surface area contributed by atoms with Crippen molar-refractivity contribution in [1.82, 2.24) is 4.98 Å². The fraction of sp³-hybridized carbons (Fsp3) is 0.125. The van der Waals surface area contributed by atoms with Gasteiger partial charge < -0.3 is 4.74 Å². The lowest BCUT2D eigenvalue weighted by Gasteiger charge is -2.02. The molecule has 0 amide bonds. The van der Waals surface area contributed by atoms with Gasteiger partial charge in [0.05, 0.1) is 7.11 Å². The minimum absolute atomic E-state index is 0.385. The number of carbonyl (C=O) groups excluding carboxylic acids is 1. The van der Waals surface area contributed by atoms with Crippen molar-refractivity contribution >= 4 is 28.0 Å². The second kappa shape index (κ2) is 7.01. The van der Waals surface area contributed by atoms with E-state index in [4.69, 9.17) is 0 Å². The van der Waals surface area contributed by atoms with E-state index in [0.717, 1.165) is 12.0 Å². The van der Waals surface area contributed by atoms with E-state index < -0.39 is 0 Å². The Morgan fingerprint density at radius 1 is 1.25 bits per heavy atom. The van der Waals surface area contributed by atoms with Gasteiger partial charge in [0, 0.05) is 12.4 Å². The normalized spacial score (nSPS) is 11.2. The number of esters is 1. The van der Waals surface area contributed by atoms with Gasteiger partial charge in [0.15, 0.2) is 0 Å². The number of hydrogen-bond acceptors (Lipinski definition) is 3. The summed E-state index contributed by atoms with van der Waals surface area (Å²) in [6.07, 6.45) is 6.21. The SMILES string of the molecule is COC(=O)/C(Br)=C\c1ccc(Cc2cccnc2)cc1. The van der Waals surface area contributed by atoms with Crippen LogP contribution in [0.3, 0.4) is 0 Å². The molecule has 0 unspecified atom stereocenters. The number of hydrogen-bond donors (Lipinski definition) is 0. The molecule has 0 aliphatic carbocycles. The Morgan fingerprint density at radius 2 is 2.00 bits per heavy atom. The Kier molecular flexibility index (Phi) is 5.07. The van der Waals surface area contributed by atoms with Crippen LogP contribution in [0.1, 0.15) is 16.7 Å². The fourth-order valence-electron chi connectivity index (χ4n) is 1.77. The van der Waals surface area contributed by atoms with Crippen LogP contribution in [0.5, 0.6) is 0 Å². The number of rotatable bonds is 4. The topological polar surface area (TPSA) is 39.2 Å². The molecule has 0 atom stereocenters. The second-order valence-corrected chi connectivity index (χ2v) is 5.12. The summed E-state index contributed by atoms with van der Waals surface area (Å²) in [5, 5.41) is 0. The number of benzene rings is 1. The van der Waals surface area contributed by atoms with Gasteiger partial charge in [0.1, 0.15) is 4.48 Å². The third kappa shape index (κ3) is 4.03. The number of nitrogens with zero attached hydrogens (tertiary/aromatic N) is 1. The van der Waals surface area contributed by atoms with Crippen molar-refractivity contribution in [3.63, 3.8) is 0 Å². The van der Waals surface area contributed by atoms with E-state index in [-0.39, 0.29) is 5.97 Å². The van der Waals surface area contributed by atoms with Crippen LogP contribution in [-0.2, 0) is 16.0 Å². The van der Waals surface area contributed by atoms with E-state index in [0.29, 0.717) is 4.48 Å². The number of halogens is 1. The van der Waals surface area contributed by atoms with Crippen LogP contribution < -0.4 is 0 Å². The molecule has 0 aliphatic rings. The van der Waals surface area contributed by atoms with Gasteiger partial charge in [-0.1, -0.05) is 30.3 Å². The molecule has 4 heteroatoms. The Morgan fingerprint density at radius 3 is 2.60 bits per heavy atom. The monoisotopic (exact) mass is 331 g/mol. The molecule has 0 spiro atoms. The first-order valence-electron chi connectivity index (χ1n) is 6.12. The predicted octanol–water partition coefficient (Wildman–Crippen LogP) is 3.58. The van der Waals surface area contributed by atoms with Gasteiger partial charge in [-0.25, -0.2) is 4.79 Å². The zero-order valence-corrected chi connectivity index (χ0v) is 12.6. The number of carbonyl (C=O) groups is 1. The Labute approximate surface area is 126 Å². The van der Waals surface area contributed by atoms with Crippen LogP contribution in [0.2, 0.25) is 0 Å². The van der Waals surface area contributed by atoms with Crippen molar-refractivity contribution in [2.75, 3.05) is 7.11 Å². The van der Waals surface area contributed by atoms with E-state index in [1.54, 1.807) is 12.3 Å². The Hall–Kier alpha value is -1.94. The van der Waals surface area contributed by atoms with Crippen molar-refractivity contribution in [1.29, 1.82) is 0 Å². The predicted molar refractivity (Wildman–Crippen MR) is 82.4 cm³/mol. The summed E-state index contributed by atoms with van der Waals surface area (Å²) in [7, 11) is 1.36. The summed E-state index contributed by atoms with van der Waals surface area (Å²) in [6.45, 7) is 0. The van der Waals surface area contributed by atoms with Gasteiger partial charge in [-0.2, -0.15) is 0 Å². The maximum atomic E-state index is 11.3. The van der Waals surface area contributed by atoms with Crippen molar-refractivity contribution in [3.8, 4) is 0 Å².